The number of ether oxygens (including phenoxy) is 2. The van der Waals surface area contributed by atoms with Gasteiger partial charge in [0, 0.05) is 15.6 Å². The van der Waals surface area contributed by atoms with E-state index in [1.54, 1.807) is 24.4 Å². The minimum Gasteiger partial charge on any atom is -0.490 e. The number of para-hydroxylation sites is 2. The van der Waals surface area contributed by atoms with Crippen LogP contribution in [-0.2, 0) is 6.61 Å². The summed E-state index contributed by atoms with van der Waals surface area (Å²) in [4.78, 5) is 7.59. The normalized spacial score (nSPS) is 11.2. The van der Waals surface area contributed by atoms with E-state index in [2.05, 4.69) is 20.5 Å². The number of aromatic nitrogens is 2. The summed E-state index contributed by atoms with van der Waals surface area (Å²) in [5, 5.41) is 5.38. The van der Waals surface area contributed by atoms with Crippen LogP contribution in [-0.4, -0.2) is 22.8 Å². The van der Waals surface area contributed by atoms with Gasteiger partial charge in [-0.15, -0.1) is 0 Å². The standard InChI is InChI=1S/C23H20Cl2N4O2/c1-2-30-22-12-15(13-26-29-23-27-19-8-3-4-9-20(19)28-23)10-11-21(22)31-14-16-17(24)6-5-7-18(16)25/h3-13H,2,14H2,1H3,(H2,27,28,29)/b26-13-. The van der Waals surface area contributed by atoms with Gasteiger partial charge in [-0.2, -0.15) is 5.10 Å². The molecule has 6 nitrogen and oxygen atoms in total. The van der Waals surface area contributed by atoms with Gasteiger partial charge in [-0.3, -0.25) is 0 Å². The summed E-state index contributed by atoms with van der Waals surface area (Å²) in [7, 11) is 0. The minimum absolute atomic E-state index is 0.236. The molecule has 0 atom stereocenters. The number of hydrogen-bond acceptors (Lipinski definition) is 5. The molecule has 0 unspecified atom stereocenters. The number of aromatic amines is 1. The molecule has 0 aliphatic carbocycles. The predicted molar refractivity (Wildman–Crippen MR) is 126 cm³/mol. The highest BCUT2D eigenvalue weighted by molar-refractivity contribution is 6.35. The number of benzene rings is 3. The quantitative estimate of drug-likeness (QED) is 0.242. The number of halogens is 2. The van der Waals surface area contributed by atoms with Gasteiger partial charge >= 0.3 is 0 Å². The second-order valence-electron chi connectivity index (χ2n) is 6.60. The fourth-order valence-corrected chi connectivity index (χ4v) is 3.49. The van der Waals surface area contributed by atoms with E-state index in [1.165, 1.54) is 0 Å². The number of imidazole rings is 1. The highest BCUT2D eigenvalue weighted by Gasteiger charge is 2.10. The summed E-state index contributed by atoms with van der Waals surface area (Å²) in [5.41, 5.74) is 6.30. The first-order valence-electron chi connectivity index (χ1n) is 9.70. The zero-order valence-corrected chi connectivity index (χ0v) is 18.2. The van der Waals surface area contributed by atoms with Crippen LogP contribution in [0, 0.1) is 0 Å². The predicted octanol–water partition coefficient (Wildman–Crippen LogP) is 6.29. The monoisotopic (exact) mass is 454 g/mol. The fraction of sp³-hybridized carbons (Fsp3) is 0.130. The van der Waals surface area contributed by atoms with Crippen molar-refractivity contribution in [2.45, 2.75) is 13.5 Å². The molecule has 3 aromatic carbocycles. The first-order valence-corrected chi connectivity index (χ1v) is 10.5. The summed E-state index contributed by atoms with van der Waals surface area (Å²) >= 11 is 12.5. The van der Waals surface area contributed by atoms with Crippen molar-refractivity contribution in [1.29, 1.82) is 0 Å². The zero-order valence-electron chi connectivity index (χ0n) is 16.7. The van der Waals surface area contributed by atoms with Crippen molar-refractivity contribution >= 4 is 46.4 Å². The largest absolute Gasteiger partial charge is 0.490 e. The molecule has 0 bridgehead atoms. The molecule has 0 amide bonds. The number of H-pyrrole nitrogens is 1. The molecule has 4 rings (SSSR count). The van der Waals surface area contributed by atoms with Crippen molar-refractivity contribution in [3.63, 3.8) is 0 Å². The van der Waals surface area contributed by atoms with Gasteiger partial charge in [0.2, 0.25) is 5.95 Å². The Kier molecular flexibility index (Phi) is 6.60. The molecule has 4 aromatic rings. The first kappa shape index (κ1) is 21.0. The van der Waals surface area contributed by atoms with Crippen LogP contribution in [0.1, 0.15) is 18.1 Å². The molecular formula is C23H20Cl2N4O2. The summed E-state index contributed by atoms with van der Waals surface area (Å²) < 4.78 is 11.7. The smallest absolute Gasteiger partial charge is 0.222 e. The number of hydrogen-bond donors (Lipinski definition) is 2. The fourth-order valence-electron chi connectivity index (χ4n) is 2.99. The molecule has 2 N–H and O–H groups in total. The number of fused-ring (bicyclic) bond motifs is 1. The maximum atomic E-state index is 6.23. The highest BCUT2D eigenvalue weighted by atomic mass is 35.5. The van der Waals surface area contributed by atoms with E-state index in [4.69, 9.17) is 32.7 Å². The van der Waals surface area contributed by atoms with Crippen molar-refractivity contribution in [2.24, 2.45) is 5.10 Å². The lowest BCUT2D eigenvalue weighted by atomic mass is 10.2. The van der Waals surface area contributed by atoms with E-state index in [0.717, 1.165) is 22.2 Å². The molecule has 0 spiro atoms. The maximum Gasteiger partial charge on any atom is 0.222 e. The van der Waals surface area contributed by atoms with Crippen molar-refractivity contribution in [1.82, 2.24) is 9.97 Å². The molecule has 8 heteroatoms. The van der Waals surface area contributed by atoms with Gasteiger partial charge in [-0.05, 0) is 55.0 Å². The topological polar surface area (TPSA) is 71.5 Å². The van der Waals surface area contributed by atoms with Crippen LogP contribution >= 0.6 is 23.2 Å². The second kappa shape index (κ2) is 9.73. The molecule has 0 aliphatic rings. The number of hydrazone groups is 1. The van der Waals surface area contributed by atoms with Crippen molar-refractivity contribution in [3.05, 3.63) is 81.8 Å². The van der Waals surface area contributed by atoms with E-state index in [1.807, 2.05) is 49.4 Å². The third-order valence-electron chi connectivity index (χ3n) is 4.47. The average Bonchev–Trinajstić information content (AvgIpc) is 3.17. The molecule has 0 saturated carbocycles. The third-order valence-corrected chi connectivity index (χ3v) is 5.18. The Morgan fingerprint density at radius 2 is 1.81 bits per heavy atom. The molecule has 31 heavy (non-hydrogen) atoms. The van der Waals surface area contributed by atoms with Crippen LogP contribution in [0.15, 0.2) is 65.8 Å². The number of nitrogens with zero attached hydrogens (tertiary/aromatic N) is 2. The number of rotatable bonds is 8. The Morgan fingerprint density at radius 3 is 2.58 bits per heavy atom. The van der Waals surface area contributed by atoms with Crippen molar-refractivity contribution in [2.75, 3.05) is 12.0 Å². The van der Waals surface area contributed by atoms with Gasteiger partial charge < -0.3 is 14.5 Å². The lowest BCUT2D eigenvalue weighted by Crippen LogP contribution is -2.01. The van der Waals surface area contributed by atoms with Gasteiger partial charge in [0.05, 0.1) is 23.9 Å². The zero-order chi connectivity index (χ0) is 21.6. The lowest BCUT2D eigenvalue weighted by Gasteiger charge is -2.14. The van der Waals surface area contributed by atoms with Gasteiger partial charge in [-0.25, -0.2) is 10.4 Å². The van der Waals surface area contributed by atoms with E-state index in [9.17, 15) is 0 Å². The van der Waals surface area contributed by atoms with E-state index in [0.29, 0.717) is 34.1 Å². The van der Waals surface area contributed by atoms with E-state index < -0.39 is 0 Å². The number of anilines is 1. The minimum atomic E-state index is 0.236. The molecule has 0 radical (unpaired) electrons. The summed E-state index contributed by atoms with van der Waals surface area (Å²) in [6.07, 6.45) is 1.68. The van der Waals surface area contributed by atoms with E-state index in [-0.39, 0.29) is 6.61 Å². The first-order chi connectivity index (χ1) is 15.1. The van der Waals surface area contributed by atoms with Crippen LogP contribution in [0.3, 0.4) is 0 Å². The lowest BCUT2D eigenvalue weighted by molar-refractivity contribution is 0.269. The summed E-state index contributed by atoms with van der Waals surface area (Å²) in [6, 6.07) is 18.7. The Labute approximate surface area is 189 Å². The van der Waals surface area contributed by atoms with Crippen LogP contribution in [0.25, 0.3) is 11.0 Å². The summed E-state index contributed by atoms with van der Waals surface area (Å²) in [5.74, 6) is 1.78. The van der Waals surface area contributed by atoms with Crippen LogP contribution < -0.4 is 14.9 Å². The van der Waals surface area contributed by atoms with Gasteiger partial charge in [0.25, 0.3) is 0 Å². The molecule has 0 saturated heterocycles. The molecule has 158 valence electrons. The van der Waals surface area contributed by atoms with Gasteiger partial charge in [-0.1, -0.05) is 41.4 Å². The van der Waals surface area contributed by atoms with Gasteiger partial charge in [0.15, 0.2) is 11.5 Å². The Balaban J connectivity index is 1.46. The van der Waals surface area contributed by atoms with Crippen molar-refractivity contribution in [3.8, 4) is 11.5 Å². The molecule has 0 aliphatic heterocycles. The Bertz CT molecular complexity index is 1170. The Hall–Kier alpha value is -3.22. The highest BCUT2D eigenvalue weighted by Crippen LogP contribution is 2.31. The SMILES string of the molecule is CCOc1cc(/C=N\Nc2nc3ccccc3[nH]2)ccc1OCc1c(Cl)cccc1Cl. The van der Waals surface area contributed by atoms with E-state index >= 15 is 0 Å². The molecule has 1 aromatic heterocycles. The summed E-state index contributed by atoms with van der Waals surface area (Å²) in [6.45, 7) is 2.65. The van der Waals surface area contributed by atoms with Crippen LogP contribution in [0.4, 0.5) is 5.95 Å². The van der Waals surface area contributed by atoms with Gasteiger partial charge in [0.1, 0.15) is 6.61 Å². The molecule has 1 heterocycles. The Morgan fingerprint density at radius 1 is 1.00 bits per heavy atom. The van der Waals surface area contributed by atoms with Crippen molar-refractivity contribution < 1.29 is 9.47 Å². The van der Waals surface area contributed by atoms with Crippen LogP contribution in [0.5, 0.6) is 11.5 Å². The second-order valence-corrected chi connectivity index (χ2v) is 7.42. The molecule has 0 fully saturated rings. The number of nitrogens with one attached hydrogen (secondary N) is 2. The maximum absolute atomic E-state index is 6.23. The third kappa shape index (κ3) is 5.10. The average molecular weight is 455 g/mol. The molecular weight excluding hydrogens is 435 g/mol. The van der Waals surface area contributed by atoms with Crippen LogP contribution in [0.2, 0.25) is 10.0 Å².